The van der Waals surface area contributed by atoms with Crippen LogP contribution in [0.25, 0.3) is 6.08 Å². The van der Waals surface area contributed by atoms with E-state index in [2.05, 4.69) is 0 Å². The lowest BCUT2D eigenvalue weighted by molar-refractivity contribution is -0.119. The monoisotopic (exact) mass is 310 g/mol. The molecule has 0 aliphatic carbocycles. The van der Waals surface area contributed by atoms with Crippen LogP contribution >= 0.6 is 0 Å². The molecule has 0 aliphatic rings. The molecule has 0 aromatic heterocycles. The molecule has 4 nitrogen and oxygen atoms in total. The summed E-state index contributed by atoms with van der Waals surface area (Å²) in [6.07, 6.45) is 3.28. The Balaban J connectivity index is 1.77. The third-order valence-corrected chi connectivity index (χ3v) is 3.33. The first kappa shape index (κ1) is 17.2. The minimum absolute atomic E-state index is 0.00668. The van der Waals surface area contributed by atoms with Crippen molar-refractivity contribution in [2.75, 3.05) is 6.61 Å². The Labute approximate surface area is 136 Å². The van der Waals surface area contributed by atoms with Crippen molar-refractivity contribution in [2.24, 2.45) is 0 Å². The van der Waals surface area contributed by atoms with Crippen LogP contribution in [0.5, 0.6) is 0 Å². The molecule has 2 rings (SSSR count). The molecule has 0 atom stereocenters. The van der Waals surface area contributed by atoms with Crippen molar-refractivity contribution in [3.63, 3.8) is 0 Å². The van der Waals surface area contributed by atoms with Crippen LogP contribution in [0, 0.1) is 6.92 Å². The number of carbonyl (C=O) groups is 1. The zero-order chi connectivity index (χ0) is 16.7. The first-order valence-corrected chi connectivity index (χ1v) is 7.35. The van der Waals surface area contributed by atoms with Crippen molar-refractivity contribution in [3.8, 4) is 0 Å². The largest absolute Gasteiger partial charge is 0.488 e. The smallest absolute Gasteiger partial charge is 0.423 e. The average Bonchev–Trinajstić information content (AvgIpc) is 2.55. The Hall–Kier alpha value is -2.21. The van der Waals surface area contributed by atoms with Crippen LogP contribution in [0.2, 0.25) is 0 Å². The molecule has 2 N–H and O–H groups in total. The molecular weight excluding hydrogens is 291 g/mol. The van der Waals surface area contributed by atoms with Crippen molar-refractivity contribution >= 4 is 24.4 Å². The van der Waals surface area contributed by atoms with Gasteiger partial charge in [0.2, 0.25) is 0 Å². The number of carbonyl (C=O) groups excluding carboxylic acids is 1. The second kappa shape index (κ2) is 8.43. The van der Waals surface area contributed by atoms with Crippen molar-refractivity contribution < 1.29 is 19.6 Å². The molecule has 0 saturated carbocycles. The van der Waals surface area contributed by atoms with Gasteiger partial charge in [0.25, 0.3) is 0 Å². The van der Waals surface area contributed by atoms with Gasteiger partial charge in [-0.25, -0.2) is 0 Å². The number of hydrogen-bond donors (Lipinski definition) is 2. The maximum atomic E-state index is 11.7. The zero-order valence-electron chi connectivity index (χ0n) is 13.0. The van der Waals surface area contributed by atoms with E-state index in [1.165, 1.54) is 11.6 Å². The second-order valence-corrected chi connectivity index (χ2v) is 5.32. The van der Waals surface area contributed by atoms with Gasteiger partial charge in [-0.15, -0.1) is 0 Å². The minimum atomic E-state index is -1.47. The van der Waals surface area contributed by atoms with Gasteiger partial charge in [-0.1, -0.05) is 60.2 Å². The van der Waals surface area contributed by atoms with Crippen molar-refractivity contribution in [1.82, 2.24) is 0 Å². The number of hydrogen-bond acceptors (Lipinski definition) is 4. The standard InChI is InChI=1S/C18H19BO4/c1-14-2-4-15(5-3-14)8-11-18(20)13-23-12-16-6-9-17(10-7-16)19(21)22/h2-11,21-22H,12-13H2,1H3/b11-8+. The molecule has 0 aliphatic heterocycles. The van der Waals surface area contributed by atoms with E-state index in [1.54, 1.807) is 30.3 Å². The van der Waals surface area contributed by atoms with Gasteiger partial charge in [-0.3, -0.25) is 4.79 Å². The molecule has 2 aromatic carbocycles. The molecule has 0 unspecified atom stereocenters. The van der Waals surface area contributed by atoms with Crippen molar-refractivity contribution in [1.29, 1.82) is 0 Å². The van der Waals surface area contributed by atoms with Crippen LogP contribution in [0.3, 0.4) is 0 Å². The number of aryl methyl sites for hydroxylation is 1. The van der Waals surface area contributed by atoms with Crippen LogP contribution in [0.15, 0.2) is 54.6 Å². The summed E-state index contributed by atoms with van der Waals surface area (Å²) in [5.74, 6) is -0.104. The summed E-state index contributed by atoms with van der Waals surface area (Å²) in [4.78, 5) is 11.7. The molecular formula is C18H19BO4. The molecule has 0 fully saturated rings. The summed E-state index contributed by atoms with van der Waals surface area (Å²) in [5.41, 5.74) is 3.44. The Morgan fingerprint density at radius 3 is 2.35 bits per heavy atom. The van der Waals surface area contributed by atoms with Gasteiger partial charge in [-0.2, -0.15) is 0 Å². The van der Waals surface area contributed by atoms with E-state index in [-0.39, 0.29) is 12.4 Å². The van der Waals surface area contributed by atoms with Gasteiger partial charge >= 0.3 is 7.12 Å². The molecule has 0 saturated heterocycles. The van der Waals surface area contributed by atoms with E-state index in [1.807, 2.05) is 31.2 Å². The summed E-state index contributed by atoms with van der Waals surface area (Å²) in [6.45, 7) is 2.32. The first-order valence-electron chi connectivity index (χ1n) is 7.35. The van der Waals surface area contributed by atoms with Crippen LogP contribution < -0.4 is 5.46 Å². The van der Waals surface area contributed by atoms with Crippen LogP contribution in [-0.2, 0) is 16.1 Å². The Morgan fingerprint density at radius 2 is 1.74 bits per heavy atom. The SMILES string of the molecule is Cc1ccc(/C=C/C(=O)COCc2ccc(B(O)O)cc2)cc1. The fourth-order valence-corrected chi connectivity index (χ4v) is 1.97. The number of ether oxygens (including phenoxy) is 1. The van der Waals surface area contributed by atoms with Gasteiger partial charge in [-0.05, 0) is 29.6 Å². The maximum Gasteiger partial charge on any atom is 0.488 e. The lowest BCUT2D eigenvalue weighted by Gasteiger charge is -2.04. The predicted molar refractivity (Wildman–Crippen MR) is 91.1 cm³/mol. The Bertz CT molecular complexity index is 660. The highest BCUT2D eigenvalue weighted by Crippen LogP contribution is 2.05. The Kier molecular flexibility index (Phi) is 6.29. The number of benzene rings is 2. The highest BCUT2D eigenvalue weighted by Gasteiger charge is 2.09. The van der Waals surface area contributed by atoms with E-state index in [4.69, 9.17) is 14.8 Å². The van der Waals surface area contributed by atoms with E-state index in [0.717, 1.165) is 11.1 Å². The van der Waals surface area contributed by atoms with Crippen molar-refractivity contribution in [2.45, 2.75) is 13.5 Å². The van der Waals surface area contributed by atoms with E-state index >= 15 is 0 Å². The fourth-order valence-electron chi connectivity index (χ4n) is 1.97. The van der Waals surface area contributed by atoms with E-state index in [0.29, 0.717) is 12.1 Å². The van der Waals surface area contributed by atoms with E-state index < -0.39 is 7.12 Å². The molecule has 118 valence electrons. The molecule has 0 radical (unpaired) electrons. The molecule has 0 heterocycles. The molecule has 5 heteroatoms. The number of rotatable bonds is 7. The van der Waals surface area contributed by atoms with Gasteiger partial charge in [0.05, 0.1) is 6.61 Å². The highest BCUT2D eigenvalue weighted by atomic mass is 16.5. The van der Waals surface area contributed by atoms with Gasteiger partial charge in [0, 0.05) is 0 Å². The van der Waals surface area contributed by atoms with Gasteiger partial charge < -0.3 is 14.8 Å². The highest BCUT2D eigenvalue weighted by molar-refractivity contribution is 6.58. The summed E-state index contributed by atoms with van der Waals surface area (Å²) in [5, 5.41) is 18.0. The normalized spacial score (nSPS) is 10.9. The lowest BCUT2D eigenvalue weighted by Crippen LogP contribution is -2.29. The first-order chi connectivity index (χ1) is 11.0. The predicted octanol–water partition coefficient (Wildman–Crippen LogP) is 1.47. The van der Waals surface area contributed by atoms with Crippen LogP contribution in [0.4, 0.5) is 0 Å². The van der Waals surface area contributed by atoms with Gasteiger partial charge in [0.1, 0.15) is 6.61 Å². The van der Waals surface area contributed by atoms with Crippen LogP contribution in [-0.4, -0.2) is 29.6 Å². The molecule has 0 bridgehead atoms. The average molecular weight is 310 g/mol. The van der Waals surface area contributed by atoms with E-state index in [9.17, 15) is 4.79 Å². The minimum Gasteiger partial charge on any atom is -0.423 e. The lowest BCUT2D eigenvalue weighted by atomic mass is 9.80. The molecule has 23 heavy (non-hydrogen) atoms. The fraction of sp³-hybridized carbons (Fsp3) is 0.167. The summed E-state index contributed by atoms with van der Waals surface area (Å²) < 4.78 is 5.36. The third kappa shape index (κ3) is 5.83. The summed E-state index contributed by atoms with van der Waals surface area (Å²) in [6, 6.07) is 14.6. The van der Waals surface area contributed by atoms with Crippen LogP contribution in [0.1, 0.15) is 16.7 Å². The quantitative estimate of drug-likeness (QED) is 0.600. The molecule has 0 amide bonds. The maximum absolute atomic E-state index is 11.7. The molecule has 0 spiro atoms. The summed E-state index contributed by atoms with van der Waals surface area (Å²) in [7, 11) is -1.47. The third-order valence-electron chi connectivity index (χ3n) is 3.33. The summed E-state index contributed by atoms with van der Waals surface area (Å²) >= 11 is 0. The topological polar surface area (TPSA) is 66.8 Å². The second-order valence-electron chi connectivity index (χ2n) is 5.32. The van der Waals surface area contributed by atoms with Crippen molar-refractivity contribution in [3.05, 3.63) is 71.3 Å². The number of ketones is 1. The zero-order valence-corrected chi connectivity index (χ0v) is 13.0. The Morgan fingerprint density at radius 1 is 1.09 bits per heavy atom. The van der Waals surface area contributed by atoms with Gasteiger partial charge in [0.15, 0.2) is 5.78 Å². The molecule has 2 aromatic rings.